The summed E-state index contributed by atoms with van der Waals surface area (Å²) in [4.78, 5) is 15.8. The molecule has 1 N–H and O–H groups in total. The van der Waals surface area contributed by atoms with Gasteiger partial charge >= 0.3 is 0 Å². The Morgan fingerprint density at radius 1 is 1.00 bits per heavy atom. The molecule has 0 saturated carbocycles. The Balaban J connectivity index is 2.51. The molecule has 7 nitrogen and oxygen atoms in total. The smallest absolute Gasteiger partial charge is 0.257 e. The summed E-state index contributed by atoms with van der Waals surface area (Å²) in [5.74, 6) is 2.46. The van der Waals surface area contributed by atoms with Gasteiger partial charge in [-0.25, -0.2) is 9.97 Å². The Bertz CT molecular complexity index is 745. The molecule has 0 unspecified atom stereocenters. The molecule has 0 aliphatic rings. The number of nitrogens with zero attached hydrogens (tertiary/aromatic N) is 4. The predicted molar refractivity (Wildman–Crippen MR) is 105 cm³/mol. The van der Waals surface area contributed by atoms with Crippen molar-refractivity contribution >= 4 is 11.6 Å². The lowest BCUT2D eigenvalue weighted by molar-refractivity contribution is 0.394. The quantitative estimate of drug-likeness (QED) is 0.773. The van der Waals surface area contributed by atoms with E-state index in [2.05, 4.69) is 29.1 Å². The standard InChI is InChI=1S/C19H29N5O2/c1-8-13(9-2)21-17-19(26-7)23-16(12(3)20-17)14-10-11-15(24(4)5)22-18(14)25-6/h10-11,13H,8-9H2,1-7H3,(H,20,21). The van der Waals surface area contributed by atoms with Gasteiger partial charge in [0.25, 0.3) is 5.88 Å². The first-order valence-electron chi connectivity index (χ1n) is 8.86. The van der Waals surface area contributed by atoms with Gasteiger partial charge in [0.1, 0.15) is 11.5 Å². The van der Waals surface area contributed by atoms with Crippen LogP contribution in [-0.2, 0) is 0 Å². The van der Waals surface area contributed by atoms with Gasteiger partial charge in [0.05, 0.1) is 25.5 Å². The minimum Gasteiger partial charge on any atom is -0.480 e. The van der Waals surface area contributed by atoms with Gasteiger partial charge in [-0.15, -0.1) is 0 Å². The average molecular weight is 359 g/mol. The molecule has 2 aromatic rings. The summed E-state index contributed by atoms with van der Waals surface area (Å²) >= 11 is 0. The largest absolute Gasteiger partial charge is 0.480 e. The first kappa shape index (κ1) is 19.8. The van der Waals surface area contributed by atoms with E-state index < -0.39 is 0 Å². The zero-order valence-electron chi connectivity index (χ0n) is 16.8. The van der Waals surface area contributed by atoms with E-state index in [0.29, 0.717) is 29.3 Å². The van der Waals surface area contributed by atoms with E-state index in [9.17, 15) is 0 Å². The van der Waals surface area contributed by atoms with Crippen LogP contribution in [0.4, 0.5) is 11.6 Å². The third-order valence-electron chi connectivity index (χ3n) is 4.31. The summed E-state index contributed by atoms with van der Waals surface area (Å²) in [5, 5.41) is 3.42. The fourth-order valence-electron chi connectivity index (χ4n) is 2.70. The molecule has 142 valence electrons. The lowest BCUT2D eigenvalue weighted by Crippen LogP contribution is -2.19. The maximum atomic E-state index is 5.49. The van der Waals surface area contributed by atoms with Crippen LogP contribution < -0.4 is 19.7 Å². The number of nitrogens with one attached hydrogen (secondary N) is 1. The molecule has 0 aromatic carbocycles. The summed E-state index contributed by atoms with van der Waals surface area (Å²) in [6.07, 6.45) is 2.01. The SMILES string of the molecule is CCC(CC)Nc1nc(C)c(-c2ccc(N(C)C)nc2OC)nc1OC. The molecular formula is C19H29N5O2. The van der Waals surface area contributed by atoms with E-state index in [1.165, 1.54) is 0 Å². The molecule has 0 amide bonds. The molecule has 2 heterocycles. The van der Waals surface area contributed by atoms with Crippen LogP contribution in [0.3, 0.4) is 0 Å². The predicted octanol–water partition coefficient (Wildman–Crippen LogP) is 3.53. The van der Waals surface area contributed by atoms with Gasteiger partial charge in [-0.2, -0.15) is 4.98 Å². The third kappa shape index (κ3) is 4.15. The molecular weight excluding hydrogens is 330 g/mol. The molecule has 0 atom stereocenters. The van der Waals surface area contributed by atoms with Crippen molar-refractivity contribution in [1.82, 2.24) is 15.0 Å². The van der Waals surface area contributed by atoms with Crippen LogP contribution in [-0.4, -0.2) is 49.3 Å². The molecule has 7 heteroatoms. The molecule has 0 aliphatic carbocycles. The van der Waals surface area contributed by atoms with Crippen LogP contribution in [0.5, 0.6) is 11.8 Å². The summed E-state index contributed by atoms with van der Waals surface area (Å²) in [5.41, 5.74) is 2.28. The van der Waals surface area contributed by atoms with Crippen molar-refractivity contribution in [2.24, 2.45) is 0 Å². The number of aromatic nitrogens is 3. The molecule has 0 saturated heterocycles. The number of rotatable bonds is 8. The van der Waals surface area contributed by atoms with Crippen molar-refractivity contribution in [3.05, 3.63) is 17.8 Å². The molecule has 0 fully saturated rings. The fraction of sp³-hybridized carbons (Fsp3) is 0.526. The minimum absolute atomic E-state index is 0.332. The topological polar surface area (TPSA) is 72.4 Å². The van der Waals surface area contributed by atoms with Crippen molar-refractivity contribution < 1.29 is 9.47 Å². The minimum atomic E-state index is 0.332. The summed E-state index contributed by atoms with van der Waals surface area (Å²) in [6, 6.07) is 4.21. The summed E-state index contributed by atoms with van der Waals surface area (Å²) in [7, 11) is 7.09. The molecule has 0 spiro atoms. The first-order valence-corrected chi connectivity index (χ1v) is 8.86. The molecule has 2 rings (SSSR count). The summed E-state index contributed by atoms with van der Waals surface area (Å²) < 4.78 is 11.0. The number of hydrogen-bond acceptors (Lipinski definition) is 7. The third-order valence-corrected chi connectivity index (χ3v) is 4.31. The van der Waals surface area contributed by atoms with Crippen LogP contribution in [0.1, 0.15) is 32.4 Å². The van der Waals surface area contributed by atoms with E-state index in [1.54, 1.807) is 14.2 Å². The summed E-state index contributed by atoms with van der Waals surface area (Å²) in [6.45, 7) is 6.22. The maximum Gasteiger partial charge on any atom is 0.257 e. The van der Waals surface area contributed by atoms with E-state index in [4.69, 9.17) is 14.5 Å². The van der Waals surface area contributed by atoms with Crippen molar-refractivity contribution in [3.63, 3.8) is 0 Å². The Morgan fingerprint density at radius 2 is 1.65 bits per heavy atom. The fourth-order valence-corrected chi connectivity index (χ4v) is 2.70. The van der Waals surface area contributed by atoms with E-state index in [-0.39, 0.29) is 0 Å². The van der Waals surface area contributed by atoms with Crippen LogP contribution in [0, 0.1) is 6.92 Å². The highest BCUT2D eigenvalue weighted by Crippen LogP contribution is 2.34. The molecule has 0 bridgehead atoms. The van der Waals surface area contributed by atoms with Crippen molar-refractivity contribution in [1.29, 1.82) is 0 Å². The van der Waals surface area contributed by atoms with Crippen LogP contribution in [0.15, 0.2) is 12.1 Å². The van der Waals surface area contributed by atoms with E-state index in [0.717, 1.165) is 29.9 Å². The van der Waals surface area contributed by atoms with Gasteiger partial charge in [-0.1, -0.05) is 13.8 Å². The zero-order valence-corrected chi connectivity index (χ0v) is 16.8. The lowest BCUT2D eigenvalue weighted by atomic mass is 10.1. The van der Waals surface area contributed by atoms with Crippen molar-refractivity contribution in [3.8, 4) is 23.0 Å². The second kappa shape index (κ2) is 8.69. The molecule has 0 aliphatic heterocycles. The zero-order chi connectivity index (χ0) is 19.3. The Morgan fingerprint density at radius 3 is 2.19 bits per heavy atom. The number of aryl methyl sites for hydroxylation is 1. The number of methoxy groups -OCH3 is 2. The number of anilines is 2. The highest BCUT2D eigenvalue weighted by molar-refractivity contribution is 5.70. The number of pyridine rings is 1. The van der Waals surface area contributed by atoms with Crippen molar-refractivity contribution in [2.45, 2.75) is 39.7 Å². The lowest BCUT2D eigenvalue weighted by Gasteiger charge is -2.19. The Labute approximate surface area is 155 Å². The van der Waals surface area contributed by atoms with Gasteiger partial charge in [0.15, 0.2) is 5.82 Å². The normalized spacial score (nSPS) is 10.8. The second-order valence-electron chi connectivity index (χ2n) is 6.29. The average Bonchev–Trinajstić information content (AvgIpc) is 2.65. The van der Waals surface area contributed by atoms with Gasteiger partial charge in [-0.05, 0) is 31.9 Å². The highest BCUT2D eigenvalue weighted by Gasteiger charge is 2.19. The van der Waals surface area contributed by atoms with E-state index in [1.807, 2.05) is 38.1 Å². The van der Waals surface area contributed by atoms with Gasteiger partial charge in [0.2, 0.25) is 5.88 Å². The van der Waals surface area contributed by atoms with Crippen molar-refractivity contribution in [2.75, 3.05) is 38.5 Å². The Kier molecular flexibility index (Phi) is 6.60. The number of ether oxygens (including phenoxy) is 2. The van der Waals surface area contributed by atoms with Crippen LogP contribution >= 0.6 is 0 Å². The monoisotopic (exact) mass is 359 g/mol. The van der Waals surface area contributed by atoms with E-state index >= 15 is 0 Å². The molecule has 26 heavy (non-hydrogen) atoms. The number of hydrogen-bond donors (Lipinski definition) is 1. The van der Waals surface area contributed by atoms with Gasteiger partial charge in [0, 0.05) is 20.1 Å². The highest BCUT2D eigenvalue weighted by atomic mass is 16.5. The van der Waals surface area contributed by atoms with Crippen LogP contribution in [0.2, 0.25) is 0 Å². The second-order valence-corrected chi connectivity index (χ2v) is 6.29. The van der Waals surface area contributed by atoms with Crippen LogP contribution in [0.25, 0.3) is 11.3 Å². The van der Waals surface area contributed by atoms with Gasteiger partial charge in [-0.3, -0.25) is 0 Å². The molecule has 0 radical (unpaired) electrons. The maximum absolute atomic E-state index is 5.49. The Hall–Kier alpha value is -2.57. The first-order chi connectivity index (χ1) is 12.4. The van der Waals surface area contributed by atoms with Gasteiger partial charge < -0.3 is 19.7 Å². The molecule has 2 aromatic heterocycles.